The number of aryl methyl sites for hydroxylation is 1. The van der Waals surface area contributed by atoms with Gasteiger partial charge < -0.3 is 21.5 Å². The number of nitrogens with one attached hydrogen (secondary N) is 1. The normalized spacial score (nSPS) is 10.5. The Kier molecular flexibility index (Phi) is 4.94. The van der Waals surface area contributed by atoms with Crippen LogP contribution in [0.15, 0.2) is 54.6 Å². The lowest BCUT2D eigenvalue weighted by molar-refractivity contribution is 0.0999. The van der Waals surface area contributed by atoms with Crippen LogP contribution in [0.3, 0.4) is 0 Å². The van der Waals surface area contributed by atoms with Gasteiger partial charge in [-0.15, -0.1) is 0 Å². The van der Waals surface area contributed by atoms with Gasteiger partial charge in [0.1, 0.15) is 28.7 Å². The summed E-state index contributed by atoms with van der Waals surface area (Å²) in [4.78, 5) is 12.0. The highest BCUT2D eigenvalue weighted by Crippen LogP contribution is 2.34. The van der Waals surface area contributed by atoms with Crippen molar-refractivity contribution in [2.24, 2.45) is 5.73 Å². The quantitative estimate of drug-likeness (QED) is 0.578. The topological polar surface area (TPSA) is 90.4 Å². The Labute approximate surface area is 154 Å². The average molecular weight is 369 g/mol. The van der Waals surface area contributed by atoms with Crippen LogP contribution in [-0.4, -0.2) is 5.91 Å². The van der Waals surface area contributed by atoms with Crippen LogP contribution in [0.1, 0.15) is 15.9 Å². The first-order chi connectivity index (χ1) is 12.8. The summed E-state index contributed by atoms with van der Waals surface area (Å²) in [5, 5.41) is 2.71. The van der Waals surface area contributed by atoms with E-state index in [9.17, 15) is 13.6 Å². The molecule has 3 aromatic rings. The standard InChI is InChI=1S/C20H17F2N3O2/c1-11-5-6-16(15(22)7-11)25-17-8-12(21)9-18(19(17)20(24)26)27-14-4-2-3-13(23)10-14/h2-10,25H,23H2,1H3,(H2,24,26). The van der Waals surface area contributed by atoms with Crippen molar-refractivity contribution in [1.82, 2.24) is 0 Å². The van der Waals surface area contributed by atoms with Crippen LogP contribution >= 0.6 is 0 Å². The molecule has 1 amide bonds. The van der Waals surface area contributed by atoms with Crippen molar-refractivity contribution in [2.45, 2.75) is 6.92 Å². The van der Waals surface area contributed by atoms with Crippen LogP contribution in [0.25, 0.3) is 0 Å². The van der Waals surface area contributed by atoms with Crippen LogP contribution in [0.4, 0.5) is 25.8 Å². The number of nitrogens with two attached hydrogens (primary N) is 2. The van der Waals surface area contributed by atoms with Crippen molar-refractivity contribution in [3.63, 3.8) is 0 Å². The summed E-state index contributed by atoms with van der Waals surface area (Å²) in [5.41, 5.74) is 12.3. The highest BCUT2D eigenvalue weighted by molar-refractivity contribution is 6.02. The highest BCUT2D eigenvalue weighted by atomic mass is 19.1. The zero-order valence-electron chi connectivity index (χ0n) is 14.4. The maximum Gasteiger partial charge on any atom is 0.254 e. The average Bonchev–Trinajstić information content (AvgIpc) is 2.56. The lowest BCUT2D eigenvalue weighted by Gasteiger charge is -2.16. The molecule has 0 aromatic heterocycles. The van der Waals surface area contributed by atoms with E-state index in [1.807, 2.05) is 0 Å². The van der Waals surface area contributed by atoms with Gasteiger partial charge >= 0.3 is 0 Å². The van der Waals surface area contributed by atoms with Crippen molar-refractivity contribution in [3.05, 3.63) is 77.4 Å². The van der Waals surface area contributed by atoms with Crippen molar-refractivity contribution in [2.75, 3.05) is 11.1 Å². The van der Waals surface area contributed by atoms with Crippen LogP contribution in [0.5, 0.6) is 11.5 Å². The highest BCUT2D eigenvalue weighted by Gasteiger charge is 2.19. The summed E-state index contributed by atoms with van der Waals surface area (Å²) >= 11 is 0. The fraction of sp³-hybridized carbons (Fsp3) is 0.0500. The van der Waals surface area contributed by atoms with Gasteiger partial charge in [-0.05, 0) is 42.8 Å². The minimum absolute atomic E-state index is 0.0100. The van der Waals surface area contributed by atoms with Crippen molar-refractivity contribution < 1.29 is 18.3 Å². The fourth-order valence-corrected chi connectivity index (χ4v) is 2.59. The molecule has 0 aliphatic heterocycles. The molecule has 0 heterocycles. The molecule has 0 saturated carbocycles. The van der Waals surface area contributed by atoms with Crippen LogP contribution in [0.2, 0.25) is 0 Å². The number of hydrogen-bond acceptors (Lipinski definition) is 4. The SMILES string of the molecule is Cc1ccc(Nc2cc(F)cc(Oc3cccc(N)c3)c2C(N)=O)c(F)c1. The molecule has 3 rings (SSSR count). The molecule has 0 fully saturated rings. The van der Waals surface area contributed by atoms with Gasteiger partial charge in [0.15, 0.2) is 0 Å². The fourth-order valence-electron chi connectivity index (χ4n) is 2.59. The lowest BCUT2D eigenvalue weighted by Crippen LogP contribution is -2.15. The Morgan fingerprint density at radius 1 is 1.04 bits per heavy atom. The molecule has 0 bridgehead atoms. The number of nitrogen functional groups attached to an aromatic ring is 1. The number of primary amides is 1. The van der Waals surface area contributed by atoms with Crippen molar-refractivity contribution in [3.8, 4) is 11.5 Å². The number of benzene rings is 3. The summed E-state index contributed by atoms with van der Waals surface area (Å²) < 4.78 is 33.9. The molecule has 27 heavy (non-hydrogen) atoms. The maximum absolute atomic E-state index is 14.1. The van der Waals surface area contributed by atoms with E-state index in [1.165, 1.54) is 18.2 Å². The van der Waals surface area contributed by atoms with Crippen LogP contribution in [-0.2, 0) is 0 Å². The molecule has 7 heteroatoms. The van der Waals surface area contributed by atoms with Crippen LogP contribution < -0.4 is 21.5 Å². The number of amides is 1. The maximum atomic E-state index is 14.1. The predicted octanol–water partition coefficient (Wildman–Crippen LogP) is 4.49. The van der Waals surface area contributed by atoms with Crippen LogP contribution in [0, 0.1) is 18.6 Å². The summed E-state index contributed by atoms with van der Waals surface area (Å²) in [6.07, 6.45) is 0. The zero-order valence-corrected chi connectivity index (χ0v) is 14.4. The van der Waals surface area contributed by atoms with Crippen molar-refractivity contribution in [1.29, 1.82) is 0 Å². The molecule has 5 N–H and O–H groups in total. The van der Waals surface area contributed by atoms with Gasteiger partial charge in [-0.2, -0.15) is 0 Å². The van der Waals surface area contributed by atoms with Gasteiger partial charge in [0.05, 0.1) is 11.4 Å². The van der Waals surface area contributed by atoms with Gasteiger partial charge in [0, 0.05) is 17.8 Å². The van der Waals surface area contributed by atoms with E-state index in [0.717, 1.165) is 17.7 Å². The molecular formula is C20H17F2N3O2. The molecule has 3 aromatic carbocycles. The van der Waals surface area contributed by atoms with Crippen molar-refractivity contribution >= 4 is 23.0 Å². The third-order valence-corrected chi connectivity index (χ3v) is 3.79. The van der Waals surface area contributed by atoms with E-state index in [2.05, 4.69) is 5.32 Å². The predicted molar refractivity (Wildman–Crippen MR) is 100 cm³/mol. The molecule has 0 aliphatic carbocycles. The number of ether oxygens (including phenoxy) is 1. The summed E-state index contributed by atoms with van der Waals surface area (Å²) in [5.74, 6) is -1.90. The molecule has 0 unspecified atom stereocenters. The zero-order chi connectivity index (χ0) is 19.6. The van der Waals surface area contributed by atoms with Gasteiger partial charge in [0.2, 0.25) is 0 Å². The summed E-state index contributed by atoms with van der Waals surface area (Å²) in [6, 6.07) is 13.0. The number of carbonyl (C=O) groups is 1. The second-order valence-corrected chi connectivity index (χ2v) is 5.97. The summed E-state index contributed by atoms with van der Waals surface area (Å²) in [6.45, 7) is 1.74. The molecule has 138 valence electrons. The van der Waals surface area contributed by atoms with E-state index in [-0.39, 0.29) is 22.7 Å². The third-order valence-electron chi connectivity index (χ3n) is 3.79. The van der Waals surface area contributed by atoms with E-state index >= 15 is 0 Å². The molecule has 0 saturated heterocycles. The minimum atomic E-state index is -0.857. The monoisotopic (exact) mass is 369 g/mol. The number of anilines is 3. The Morgan fingerprint density at radius 3 is 2.48 bits per heavy atom. The first-order valence-electron chi connectivity index (χ1n) is 8.03. The Morgan fingerprint density at radius 2 is 1.81 bits per heavy atom. The molecule has 0 spiro atoms. The van der Waals surface area contributed by atoms with Gasteiger partial charge in [-0.25, -0.2) is 8.78 Å². The first kappa shape index (κ1) is 18.2. The van der Waals surface area contributed by atoms with Gasteiger partial charge in [-0.1, -0.05) is 12.1 Å². The number of rotatable bonds is 5. The van der Waals surface area contributed by atoms with E-state index in [1.54, 1.807) is 31.2 Å². The lowest BCUT2D eigenvalue weighted by atomic mass is 10.1. The third kappa shape index (κ3) is 4.14. The largest absolute Gasteiger partial charge is 0.456 e. The van der Waals surface area contributed by atoms with Gasteiger partial charge in [-0.3, -0.25) is 4.79 Å². The van der Waals surface area contributed by atoms with E-state index in [0.29, 0.717) is 11.4 Å². The Hall–Kier alpha value is -3.61. The van der Waals surface area contributed by atoms with E-state index in [4.69, 9.17) is 16.2 Å². The minimum Gasteiger partial charge on any atom is -0.456 e. The molecule has 0 radical (unpaired) electrons. The number of halogens is 2. The molecule has 0 atom stereocenters. The second-order valence-electron chi connectivity index (χ2n) is 5.97. The first-order valence-corrected chi connectivity index (χ1v) is 8.03. The Balaban J connectivity index is 2.06. The second kappa shape index (κ2) is 7.33. The number of hydrogen-bond donors (Lipinski definition) is 3. The summed E-state index contributed by atoms with van der Waals surface area (Å²) in [7, 11) is 0. The molecular weight excluding hydrogens is 352 g/mol. The van der Waals surface area contributed by atoms with Gasteiger partial charge in [0.25, 0.3) is 5.91 Å². The number of carbonyl (C=O) groups excluding carboxylic acids is 1. The van der Waals surface area contributed by atoms with E-state index < -0.39 is 17.5 Å². The molecule has 5 nitrogen and oxygen atoms in total. The smallest absolute Gasteiger partial charge is 0.254 e. The molecule has 0 aliphatic rings. The Bertz CT molecular complexity index is 1020.